The molecular weight excluding hydrogens is 544 g/mol. The fourth-order valence-electron chi connectivity index (χ4n) is 4.15. The minimum atomic E-state index is -1.31. The van der Waals surface area contributed by atoms with Gasteiger partial charge in [-0.25, -0.2) is 4.79 Å². The first-order valence-corrected chi connectivity index (χ1v) is 12.5. The van der Waals surface area contributed by atoms with Crippen molar-refractivity contribution in [2.75, 3.05) is 25.0 Å². The lowest BCUT2D eigenvalue weighted by Gasteiger charge is -2.13. The summed E-state index contributed by atoms with van der Waals surface area (Å²) in [6.45, 7) is 1.72. The van der Waals surface area contributed by atoms with E-state index in [2.05, 4.69) is 10.6 Å². The second-order valence-corrected chi connectivity index (χ2v) is 11.0. The quantitative estimate of drug-likeness (QED) is 0.298. The third-order valence-electron chi connectivity index (χ3n) is 5.89. The highest BCUT2D eigenvalue weighted by Crippen LogP contribution is 2.65. The van der Waals surface area contributed by atoms with Gasteiger partial charge in [-0.2, -0.15) is 0 Å². The van der Waals surface area contributed by atoms with Crippen LogP contribution in [0.25, 0.3) is 0 Å². The van der Waals surface area contributed by atoms with Gasteiger partial charge in [0.15, 0.2) is 5.78 Å². The smallest absolute Gasteiger partial charge is 0.317 e. The molecule has 2 aliphatic rings. The number of amides is 3. The number of benzene rings is 2. The molecule has 0 aromatic heterocycles. The lowest BCUT2D eigenvalue weighted by molar-refractivity contribution is -0.117. The van der Waals surface area contributed by atoms with Crippen LogP contribution in [0.5, 0.6) is 0 Å². The van der Waals surface area contributed by atoms with E-state index in [0.717, 1.165) is 0 Å². The fourth-order valence-corrected chi connectivity index (χ4v) is 5.74. The van der Waals surface area contributed by atoms with E-state index in [1.807, 2.05) is 0 Å². The lowest BCUT2D eigenvalue weighted by Crippen LogP contribution is -2.29. The van der Waals surface area contributed by atoms with Crippen LogP contribution in [0.4, 0.5) is 10.5 Å². The van der Waals surface area contributed by atoms with Gasteiger partial charge in [0.25, 0.3) is 0 Å². The minimum Gasteiger partial charge on any atom is -0.336 e. The van der Waals surface area contributed by atoms with Gasteiger partial charge in [0, 0.05) is 53.3 Å². The van der Waals surface area contributed by atoms with E-state index in [4.69, 9.17) is 58.0 Å². The summed E-state index contributed by atoms with van der Waals surface area (Å²) in [6, 6.07) is 9.50. The Hall–Kier alpha value is -1.70. The maximum Gasteiger partial charge on any atom is 0.317 e. The van der Waals surface area contributed by atoms with Crippen LogP contribution in [-0.2, 0) is 4.79 Å². The van der Waals surface area contributed by atoms with Crippen molar-refractivity contribution in [3.05, 3.63) is 62.6 Å². The molecule has 6 nitrogen and oxygen atoms in total. The Morgan fingerprint density at radius 3 is 2.44 bits per heavy atom. The van der Waals surface area contributed by atoms with E-state index < -0.39 is 22.1 Å². The first-order valence-electron chi connectivity index (χ1n) is 10.6. The van der Waals surface area contributed by atoms with Gasteiger partial charge in [-0.15, -0.1) is 23.2 Å². The Balaban J connectivity index is 1.41. The molecule has 2 fully saturated rings. The Labute approximate surface area is 221 Å². The molecule has 3 amide bonds. The zero-order valence-corrected chi connectivity index (χ0v) is 21.5. The molecule has 2 aromatic rings. The number of halogens is 5. The van der Waals surface area contributed by atoms with Crippen LogP contribution >= 0.6 is 58.0 Å². The zero-order valence-electron chi connectivity index (χ0n) is 17.7. The van der Waals surface area contributed by atoms with Crippen LogP contribution in [0.15, 0.2) is 36.4 Å². The number of carbonyl (C=O) groups is 3. The molecule has 2 aromatic carbocycles. The second kappa shape index (κ2) is 10.1. The van der Waals surface area contributed by atoms with E-state index >= 15 is 0 Å². The number of nitrogens with zero attached hydrogens (tertiary/aromatic N) is 1. The Kier molecular flexibility index (Phi) is 7.56. The molecule has 11 heteroatoms. The Bertz CT molecular complexity index is 1140. The molecule has 1 saturated carbocycles. The normalized spacial score (nSPS) is 20.7. The van der Waals surface area contributed by atoms with Crippen molar-refractivity contribution in [1.82, 2.24) is 10.2 Å². The largest absolute Gasteiger partial charge is 0.336 e. The van der Waals surface area contributed by atoms with E-state index in [0.29, 0.717) is 52.9 Å². The fraction of sp³-hybridized carbons (Fsp3) is 0.348. The van der Waals surface area contributed by atoms with Gasteiger partial charge < -0.3 is 15.5 Å². The summed E-state index contributed by atoms with van der Waals surface area (Å²) in [7, 11) is 0. The third kappa shape index (κ3) is 5.42. The highest BCUT2D eigenvalue weighted by atomic mass is 35.5. The number of rotatable bonds is 8. The summed E-state index contributed by atoms with van der Waals surface area (Å²) < 4.78 is -1.31. The van der Waals surface area contributed by atoms with Gasteiger partial charge in [-0.05, 0) is 48.4 Å². The maximum absolute atomic E-state index is 13.0. The van der Waals surface area contributed by atoms with Crippen molar-refractivity contribution < 1.29 is 14.4 Å². The number of Topliss-reactive ketones (excluding diaryl/α,β-unsaturated/α-hetero) is 1. The molecular formula is C23H20Cl5N3O3. The van der Waals surface area contributed by atoms with Gasteiger partial charge >= 0.3 is 6.03 Å². The summed E-state index contributed by atoms with van der Waals surface area (Å²) in [5.41, 5.74) is 1.36. The SMILES string of the molecule is O=C(CCCN1CCNC1=O)c1cc(NC(=O)C2C(c3cc(Cl)cc(Cl)c3)C2(Cl)Cl)ccc1Cl. The predicted molar refractivity (Wildman–Crippen MR) is 136 cm³/mol. The first kappa shape index (κ1) is 25.4. The van der Waals surface area contributed by atoms with Crippen LogP contribution in [0.2, 0.25) is 15.1 Å². The van der Waals surface area contributed by atoms with Crippen molar-refractivity contribution in [2.45, 2.75) is 23.1 Å². The summed E-state index contributed by atoms with van der Waals surface area (Å²) in [5.74, 6) is -1.79. The first-order chi connectivity index (χ1) is 16.1. The molecule has 1 aliphatic carbocycles. The number of urea groups is 1. The number of ketones is 1. The molecule has 2 unspecified atom stereocenters. The third-order valence-corrected chi connectivity index (χ3v) is 7.60. The average molecular weight is 564 g/mol. The number of anilines is 1. The van der Waals surface area contributed by atoms with Crippen LogP contribution in [0.3, 0.4) is 0 Å². The van der Waals surface area contributed by atoms with Crippen molar-refractivity contribution in [3.63, 3.8) is 0 Å². The van der Waals surface area contributed by atoms with Gasteiger partial charge in [-0.3, -0.25) is 9.59 Å². The standard InChI is InChI=1S/C23H20Cl5N3O3/c24-13-8-12(9-14(25)10-13)19-20(23(19,27)28)21(33)30-15-3-4-17(26)16(11-15)18(32)2-1-6-31-7-5-29-22(31)34/h3-4,8-11,19-20H,1-2,5-7H2,(H,29,34)(H,30,33). The molecule has 34 heavy (non-hydrogen) atoms. The molecule has 1 heterocycles. The van der Waals surface area contributed by atoms with E-state index in [1.165, 1.54) is 6.07 Å². The maximum atomic E-state index is 13.0. The molecule has 1 aliphatic heterocycles. The number of hydrogen-bond acceptors (Lipinski definition) is 3. The van der Waals surface area contributed by atoms with Gasteiger partial charge in [0.1, 0.15) is 4.33 Å². The average Bonchev–Trinajstić information content (AvgIpc) is 3.11. The Morgan fingerprint density at radius 1 is 1.09 bits per heavy atom. The molecule has 0 spiro atoms. The summed E-state index contributed by atoms with van der Waals surface area (Å²) in [5, 5.41) is 6.62. The zero-order chi connectivity index (χ0) is 24.6. The Morgan fingerprint density at radius 2 is 1.79 bits per heavy atom. The predicted octanol–water partition coefficient (Wildman–Crippen LogP) is 6.16. The van der Waals surface area contributed by atoms with Crippen LogP contribution in [0.1, 0.15) is 34.7 Å². The number of alkyl halides is 2. The highest BCUT2D eigenvalue weighted by molar-refractivity contribution is 6.53. The van der Waals surface area contributed by atoms with Crippen LogP contribution in [0, 0.1) is 5.92 Å². The van der Waals surface area contributed by atoms with Crippen molar-refractivity contribution >= 4 is 81.4 Å². The van der Waals surface area contributed by atoms with Crippen LogP contribution < -0.4 is 10.6 Å². The molecule has 0 bridgehead atoms. The molecule has 180 valence electrons. The number of nitrogens with one attached hydrogen (secondary N) is 2. The minimum absolute atomic E-state index is 0.122. The number of carbonyl (C=O) groups excluding carboxylic acids is 3. The summed E-state index contributed by atoms with van der Waals surface area (Å²) >= 11 is 31.2. The van der Waals surface area contributed by atoms with Gasteiger partial charge in [0.05, 0.1) is 10.9 Å². The van der Waals surface area contributed by atoms with E-state index in [1.54, 1.807) is 35.2 Å². The second-order valence-electron chi connectivity index (χ2n) is 8.26. The monoisotopic (exact) mass is 561 g/mol. The highest BCUT2D eigenvalue weighted by Gasteiger charge is 2.67. The number of hydrogen-bond donors (Lipinski definition) is 2. The molecule has 1 saturated heterocycles. The van der Waals surface area contributed by atoms with Gasteiger partial charge in [-0.1, -0.05) is 34.8 Å². The van der Waals surface area contributed by atoms with E-state index in [9.17, 15) is 14.4 Å². The van der Waals surface area contributed by atoms with E-state index in [-0.39, 0.29) is 23.3 Å². The molecule has 2 atom stereocenters. The topological polar surface area (TPSA) is 78.5 Å². The van der Waals surface area contributed by atoms with Crippen LogP contribution in [-0.4, -0.2) is 46.6 Å². The van der Waals surface area contributed by atoms with Crippen molar-refractivity contribution in [3.8, 4) is 0 Å². The molecule has 0 radical (unpaired) electrons. The van der Waals surface area contributed by atoms with Crippen molar-refractivity contribution in [1.29, 1.82) is 0 Å². The molecule has 2 N–H and O–H groups in total. The molecule has 4 rings (SSSR count). The lowest BCUT2D eigenvalue weighted by atomic mass is 10.1. The summed E-state index contributed by atoms with van der Waals surface area (Å²) in [4.78, 5) is 39.0. The van der Waals surface area contributed by atoms with Crippen molar-refractivity contribution in [2.24, 2.45) is 5.92 Å². The summed E-state index contributed by atoms with van der Waals surface area (Å²) in [6.07, 6.45) is 0.722. The van der Waals surface area contributed by atoms with Gasteiger partial charge in [0.2, 0.25) is 5.91 Å².